The summed E-state index contributed by atoms with van der Waals surface area (Å²) in [4.78, 5) is 14.5. The number of rotatable bonds is 5. The summed E-state index contributed by atoms with van der Waals surface area (Å²) >= 11 is 6.07. The maximum Gasteiger partial charge on any atom is 0.309 e. The molecular weight excluding hydrogens is 380 g/mol. The van der Waals surface area contributed by atoms with Gasteiger partial charge in [-0.1, -0.05) is 48.5 Å². The molecule has 0 aliphatic carbocycles. The van der Waals surface area contributed by atoms with Gasteiger partial charge in [-0.2, -0.15) is 0 Å². The van der Waals surface area contributed by atoms with Gasteiger partial charge in [-0.3, -0.25) is 9.69 Å². The highest BCUT2D eigenvalue weighted by atomic mass is 35.5. The molecule has 0 N–H and O–H groups in total. The van der Waals surface area contributed by atoms with Crippen molar-refractivity contribution in [3.63, 3.8) is 0 Å². The van der Waals surface area contributed by atoms with Crippen molar-refractivity contribution in [2.24, 2.45) is 5.92 Å². The number of likely N-dealkylation sites (tertiary alicyclic amines) is 1. The molecule has 2 heterocycles. The first kappa shape index (κ1) is 20.1. The van der Waals surface area contributed by atoms with Gasteiger partial charge in [0.05, 0.1) is 19.6 Å². The zero-order valence-electron chi connectivity index (χ0n) is 16.4. The Bertz CT molecular complexity index is 803. The van der Waals surface area contributed by atoms with E-state index in [1.807, 2.05) is 30.3 Å². The van der Waals surface area contributed by atoms with E-state index in [1.165, 1.54) is 7.11 Å². The van der Waals surface area contributed by atoms with Gasteiger partial charge in [-0.25, -0.2) is 0 Å². The van der Waals surface area contributed by atoms with Crippen LogP contribution in [0.25, 0.3) is 11.3 Å². The van der Waals surface area contributed by atoms with Crippen molar-refractivity contribution in [2.75, 3.05) is 20.2 Å². The molecule has 1 aromatic heterocycles. The van der Waals surface area contributed by atoms with Crippen LogP contribution in [0.4, 0.5) is 0 Å². The van der Waals surface area contributed by atoms with E-state index in [4.69, 9.17) is 20.9 Å². The molecule has 2 unspecified atom stereocenters. The van der Waals surface area contributed by atoms with Gasteiger partial charge in [0.2, 0.25) is 0 Å². The average Bonchev–Trinajstić information content (AvgIpc) is 3.08. The SMILES string of the molecule is COC(=O)C1CC([Si](C)(C)C)CN(Cc2cc(-c3cccc(Cl)c3)no2)C1. The van der Waals surface area contributed by atoms with Gasteiger partial charge in [0, 0.05) is 31.3 Å². The van der Waals surface area contributed by atoms with Crippen molar-refractivity contribution < 1.29 is 14.1 Å². The lowest BCUT2D eigenvalue weighted by Gasteiger charge is -2.41. The van der Waals surface area contributed by atoms with Gasteiger partial charge in [-0.15, -0.1) is 0 Å². The quantitative estimate of drug-likeness (QED) is 0.532. The summed E-state index contributed by atoms with van der Waals surface area (Å²) in [6.45, 7) is 9.41. The lowest BCUT2D eigenvalue weighted by Crippen LogP contribution is -2.47. The minimum atomic E-state index is -1.38. The summed E-state index contributed by atoms with van der Waals surface area (Å²) in [5, 5.41) is 4.86. The molecule has 27 heavy (non-hydrogen) atoms. The van der Waals surface area contributed by atoms with Crippen LogP contribution in [0, 0.1) is 5.92 Å². The fourth-order valence-corrected chi connectivity index (χ4v) is 5.66. The lowest BCUT2D eigenvalue weighted by atomic mass is 9.97. The molecule has 3 rings (SSSR count). The van der Waals surface area contributed by atoms with Gasteiger partial charge >= 0.3 is 5.97 Å². The Morgan fingerprint density at radius 1 is 1.33 bits per heavy atom. The summed E-state index contributed by atoms with van der Waals surface area (Å²) < 4.78 is 10.6. The van der Waals surface area contributed by atoms with Crippen LogP contribution in [0.2, 0.25) is 30.2 Å². The van der Waals surface area contributed by atoms with Gasteiger partial charge < -0.3 is 9.26 Å². The summed E-state index contributed by atoms with van der Waals surface area (Å²) in [5.41, 5.74) is 2.25. The number of hydrogen-bond donors (Lipinski definition) is 0. The van der Waals surface area contributed by atoms with Crippen LogP contribution in [-0.4, -0.2) is 44.3 Å². The number of hydrogen-bond acceptors (Lipinski definition) is 5. The first-order valence-electron chi connectivity index (χ1n) is 9.28. The van der Waals surface area contributed by atoms with Crippen molar-refractivity contribution in [3.8, 4) is 11.3 Å². The minimum absolute atomic E-state index is 0.0733. The first-order valence-corrected chi connectivity index (χ1v) is 13.2. The molecule has 5 nitrogen and oxygen atoms in total. The molecule has 2 atom stereocenters. The highest BCUT2D eigenvalue weighted by molar-refractivity contribution is 6.77. The van der Waals surface area contributed by atoms with Crippen molar-refractivity contribution >= 4 is 25.6 Å². The van der Waals surface area contributed by atoms with E-state index in [9.17, 15) is 4.79 Å². The van der Waals surface area contributed by atoms with Crippen molar-refractivity contribution in [1.29, 1.82) is 0 Å². The molecule has 1 saturated heterocycles. The number of ether oxygens (including phenoxy) is 1. The normalized spacial score (nSPS) is 21.2. The molecule has 0 bridgehead atoms. The zero-order chi connectivity index (χ0) is 19.6. The second kappa shape index (κ2) is 8.16. The second-order valence-corrected chi connectivity index (χ2v) is 14.4. The number of piperidine rings is 1. The maximum atomic E-state index is 12.2. The Morgan fingerprint density at radius 3 is 2.78 bits per heavy atom. The Kier molecular flexibility index (Phi) is 6.08. The molecule has 2 aromatic rings. The van der Waals surface area contributed by atoms with Crippen LogP contribution in [0.1, 0.15) is 12.2 Å². The van der Waals surface area contributed by atoms with Crippen molar-refractivity contribution in [3.05, 3.63) is 41.1 Å². The average molecular weight is 407 g/mol. The van der Waals surface area contributed by atoms with E-state index in [-0.39, 0.29) is 11.9 Å². The number of methoxy groups -OCH3 is 1. The number of benzene rings is 1. The molecule has 0 saturated carbocycles. The van der Waals surface area contributed by atoms with Crippen LogP contribution >= 0.6 is 11.6 Å². The molecule has 0 amide bonds. The Hall–Kier alpha value is -1.63. The molecule has 1 fully saturated rings. The molecule has 0 radical (unpaired) electrons. The monoisotopic (exact) mass is 406 g/mol. The minimum Gasteiger partial charge on any atom is -0.469 e. The van der Waals surface area contributed by atoms with Gasteiger partial charge in [0.1, 0.15) is 5.69 Å². The molecule has 1 aliphatic rings. The van der Waals surface area contributed by atoms with Crippen LogP contribution in [0.15, 0.2) is 34.9 Å². The lowest BCUT2D eigenvalue weighted by molar-refractivity contribution is -0.147. The summed E-state index contributed by atoms with van der Waals surface area (Å²) in [6.07, 6.45) is 0.920. The van der Waals surface area contributed by atoms with E-state index >= 15 is 0 Å². The van der Waals surface area contributed by atoms with Gasteiger partial charge in [0.15, 0.2) is 5.76 Å². The molecule has 1 aliphatic heterocycles. The van der Waals surface area contributed by atoms with Crippen molar-refractivity contribution in [1.82, 2.24) is 10.1 Å². The number of halogens is 1. The second-order valence-electron chi connectivity index (χ2n) is 8.40. The summed E-state index contributed by atoms with van der Waals surface area (Å²) in [7, 11) is 0.0909. The Labute approximate surface area is 166 Å². The number of carbonyl (C=O) groups excluding carboxylic acids is 1. The summed E-state index contributed by atoms with van der Waals surface area (Å²) in [6, 6.07) is 9.53. The third kappa shape index (κ3) is 5.00. The van der Waals surface area contributed by atoms with Crippen LogP contribution < -0.4 is 0 Å². The van der Waals surface area contributed by atoms with Gasteiger partial charge in [0.25, 0.3) is 0 Å². The van der Waals surface area contributed by atoms with E-state index in [0.29, 0.717) is 23.7 Å². The van der Waals surface area contributed by atoms with E-state index in [1.54, 1.807) is 0 Å². The maximum absolute atomic E-state index is 12.2. The van der Waals surface area contributed by atoms with Crippen molar-refractivity contribution in [2.45, 2.75) is 38.1 Å². The highest BCUT2D eigenvalue weighted by Gasteiger charge is 2.38. The number of aromatic nitrogens is 1. The standard InChI is InChI=1S/C20H27ClN2O3Si/c1-25-20(24)15-9-18(27(2,3)4)13-23(11-15)12-17-10-19(22-26-17)14-6-5-7-16(21)8-14/h5-8,10,15,18H,9,11-13H2,1-4H3. The molecule has 7 heteroatoms. The molecule has 1 aromatic carbocycles. The topological polar surface area (TPSA) is 55.6 Å². The van der Waals surface area contributed by atoms with Crippen LogP contribution in [0.5, 0.6) is 0 Å². The summed E-state index contributed by atoms with van der Waals surface area (Å²) in [5.74, 6) is 0.612. The predicted molar refractivity (Wildman–Crippen MR) is 109 cm³/mol. The molecule has 0 spiro atoms. The third-order valence-corrected chi connectivity index (χ3v) is 8.45. The van der Waals surface area contributed by atoms with Gasteiger partial charge in [-0.05, 0) is 30.6 Å². The van der Waals surface area contributed by atoms with Crippen LogP contribution in [0.3, 0.4) is 0 Å². The number of esters is 1. The largest absolute Gasteiger partial charge is 0.469 e. The number of carbonyl (C=O) groups is 1. The third-order valence-electron chi connectivity index (χ3n) is 5.34. The van der Waals surface area contributed by atoms with E-state index in [2.05, 4.69) is 29.7 Å². The molecule has 146 valence electrons. The predicted octanol–water partition coefficient (Wildman–Crippen LogP) is 4.70. The Balaban J connectivity index is 1.74. The number of nitrogens with zero attached hydrogens (tertiary/aromatic N) is 2. The smallest absolute Gasteiger partial charge is 0.309 e. The van der Waals surface area contributed by atoms with E-state index in [0.717, 1.165) is 30.0 Å². The highest BCUT2D eigenvalue weighted by Crippen LogP contribution is 2.35. The fraction of sp³-hybridized carbons (Fsp3) is 0.500. The van der Waals surface area contributed by atoms with E-state index < -0.39 is 8.07 Å². The fourth-order valence-electron chi connectivity index (χ4n) is 3.68. The Morgan fingerprint density at radius 2 is 2.11 bits per heavy atom. The first-order chi connectivity index (χ1) is 12.8. The zero-order valence-corrected chi connectivity index (χ0v) is 18.1. The molecular formula is C20H27ClN2O3Si. The van der Waals surface area contributed by atoms with Crippen LogP contribution in [-0.2, 0) is 16.1 Å².